The minimum absolute atomic E-state index is 0.0810. The van der Waals surface area contributed by atoms with Crippen LogP contribution in [0.15, 0.2) is 35.0 Å². The van der Waals surface area contributed by atoms with Crippen molar-refractivity contribution < 1.29 is 19.4 Å². The van der Waals surface area contributed by atoms with Gasteiger partial charge in [-0.2, -0.15) is 4.74 Å². The zero-order chi connectivity index (χ0) is 15.5. The maximum Gasteiger partial charge on any atom is 0.263 e. The first-order chi connectivity index (χ1) is 10.5. The van der Waals surface area contributed by atoms with Gasteiger partial charge in [-0.05, 0) is 4.90 Å². The van der Waals surface area contributed by atoms with Gasteiger partial charge in [-0.3, -0.25) is 10.4 Å². The summed E-state index contributed by atoms with van der Waals surface area (Å²) in [6.07, 6.45) is 0.439. The largest absolute Gasteiger partial charge is 0.622 e. The fourth-order valence-corrected chi connectivity index (χ4v) is 3.47. The molecule has 22 heavy (non-hydrogen) atoms. The smallest absolute Gasteiger partial charge is 0.263 e. The molecule has 1 aromatic carbocycles. The summed E-state index contributed by atoms with van der Waals surface area (Å²) >= 11 is 0. The summed E-state index contributed by atoms with van der Waals surface area (Å²) in [6, 6.07) is 8.86. The number of fused-ring (bicyclic) bond motifs is 3. The molecule has 0 saturated carbocycles. The predicted molar refractivity (Wildman–Crippen MR) is 73.2 cm³/mol. The quantitative estimate of drug-likeness (QED) is 0.546. The summed E-state index contributed by atoms with van der Waals surface area (Å²) in [5.41, 5.74) is 4.41. The number of nitrogens with zero attached hydrogens (tertiary/aromatic N) is 3. The number of rotatable bonds is 1. The number of hydrogen-bond donors (Lipinski definition) is 2. The predicted octanol–water partition coefficient (Wildman–Crippen LogP) is -0.391. The van der Waals surface area contributed by atoms with Gasteiger partial charge >= 0.3 is 0 Å². The topological polar surface area (TPSA) is 125 Å². The van der Waals surface area contributed by atoms with Crippen molar-refractivity contribution in [3.05, 3.63) is 57.7 Å². The van der Waals surface area contributed by atoms with Crippen LogP contribution in [0.5, 0.6) is 0 Å². The van der Waals surface area contributed by atoms with Crippen molar-refractivity contribution >= 4 is 5.71 Å². The SMILES string of the molecule is NC1(c2ccccc2)CC2(O)C(=[N+]1[O-])CCc1c2no[n+]1[O-]. The van der Waals surface area contributed by atoms with E-state index in [1.807, 2.05) is 6.07 Å². The Balaban J connectivity index is 1.90. The molecule has 2 aliphatic rings. The fraction of sp³-hybridized carbons (Fsp3) is 0.357. The summed E-state index contributed by atoms with van der Waals surface area (Å²) in [5, 5.41) is 38.9. The minimum Gasteiger partial charge on any atom is -0.622 e. The van der Waals surface area contributed by atoms with Gasteiger partial charge in [0, 0.05) is 23.6 Å². The molecule has 1 aliphatic carbocycles. The third-order valence-corrected chi connectivity index (χ3v) is 4.57. The van der Waals surface area contributed by atoms with E-state index < -0.39 is 11.3 Å². The third kappa shape index (κ3) is 1.45. The highest BCUT2D eigenvalue weighted by Crippen LogP contribution is 2.45. The zero-order valence-electron chi connectivity index (χ0n) is 11.6. The summed E-state index contributed by atoms with van der Waals surface area (Å²) in [4.78, 5) is 0.276. The number of aromatic nitrogens is 2. The molecule has 114 valence electrons. The van der Waals surface area contributed by atoms with Gasteiger partial charge in [-0.1, -0.05) is 30.3 Å². The maximum atomic E-state index is 12.7. The first-order valence-corrected chi connectivity index (χ1v) is 6.96. The molecule has 1 aromatic heterocycles. The average molecular weight is 302 g/mol. The Labute approximate surface area is 125 Å². The van der Waals surface area contributed by atoms with Crippen LogP contribution in [0.1, 0.15) is 29.8 Å². The highest BCUT2D eigenvalue weighted by Gasteiger charge is 2.64. The van der Waals surface area contributed by atoms with Gasteiger partial charge in [-0.25, -0.2) is 0 Å². The van der Waals surface area contributed by atoms with Crippen molar-refractivity contribution in [1.82, 2.24) is 5.16 Å². The number of nitrogens with two attached hydrogens (primary N) is 1. The van der Waals surface area contributed by atoms with Crippen molar-refractivity contribution in [2.45, 2.75) is 30.5 Å². The second-order valence-electron chi connectivity index (χ2n) is 5.79. The Morgan fingerprint density at radius 3 is 2.68 bits per heavy atom. The summed E-state index contributed by atoms with van der Waals surface area (Å²) in [6.45, 7) is 0. The first-order valence-electron chi connectivity index (χ1n) is 6.96. The molecule has 2 atom stereocenters. The van der Waals surface area contributed by atoms with E-state index in [0.29, 0.717) is 10.3 Å². The van der Waals surface area contributed by atoms with Crippen molar-refractivity contribution in [2.75, 3.05) is 0 Å². The van der Waals surface area contributed by atoms with Crippen LogP contribution in [0.3, 0.4) is 0 Å². The van der Waals surface area contributed by atoms with Crippen LogP contribution in [-0.4, -0.2) is 20.7 Å². The minimum atomic E-state index is -1.67. The monoisotopic (exact) mass is 302 g/mol. The van der Waals surface area contributed by atoms with E-state index in [1.165, 1.54) is 0 Å². The number of hydrogen-bond acceptors (Lipinski definition) is 6. The molecule has 2 heterocycles. The molecule has 0 fully saturated rings. The van der Waals surface area contributed by atoms with E-state index in [-0.39, 0.29) is 41.3 Å². The lowest BCUT2D eigenvalue weighted by atomic mass is 9.80. The van der Waals surface area contributed by atoms with Crippen molar-refractivity contribution in [3.8, 4) is 0 Å². The van der Waals surface area contributed by atoms with Crippen LogP contribution in [-0.2, 0) is 17.7 Å². The van der Waals surface area contributed by atoms with Crippen LogP contribution < -0.4 is 10.6 Å². The zero-order valence-corrected chi connectivity index (χ0v) is 11.6. The van der Waals surface area contributed by atoms with Crippen LogP contribution >= 0.6 is 0 Å². The van der Waals surface area contributed by atoms with Crippen molar-refractivity contribution in [1.29, 1.82) is 0 Å². The molecule has 0 radical (unpaired) electrons. The molecule has 3 N–H and O–H groups in total. The summed E-state index contributed by atoms with van der Waals surface area (Å²) < 4.78 is 5.24. The van der Waals surface area contributed by atoms with Crippen LogP contribution in [0.25, 0.3) is 0 Å². The lowest BCUT2D eigenvalue weighted by Gasteiger charge is -2.24. The molecule has 0 bridgehead atoms. The molecule has 2 aromatic rings. The van der Waals surface area contributed by atoms with Gasteiger partial charge in [0.2, 0.25) is 17.0 Å². The Bertz CT molecular complexity index is 787. The molecule has 2 unspecified atom stereocenters. The summed E-state index contributed by atoms with van der Waals surface area (Å²) in [7, 11) is 0. The second kappa shape index (κ2) is 4.05. The van der Waals surface area contributed by atoms with E-state index in [4.69, 9.17) is 5.73 Å². The Kier molecular flexibility index (Phi) is 2.44. The van der Waals surface area contributed by atoms with Gasteiger partial charge in [0.1, 0.15) is 0 Å². The van der Waals surface area contributed by atoms with Crippen molar-refractivity contribution in [2.24, 2.45) is 5.73 Å². The second-order valence-corrected chi connectivity index (χ2v) is 5.79. The van der Waals surface area contributed by atoms with Gasteiger partial charge in [0.15, 0.2) is 0 Å². The van der Waals surface area contributed by atoms with Crippen LogP contribution in [0.4, 0.5) is 0 Å². The third-order valence-electron chi connectivity index (χ3n) is 4.57. The maximum absolute atomic E-state index is 12.7. The molecular formula is C14H14N4O4. The Morgan fingerprint density at radius 1 is 1.23 bits per heavy atom. The van der Waals surface area contributed by atoms with Crippen LogP contribution in [0.2, 0.25) is 0 Å². The lowest BCUT2D eigenvalue weighted by Crippen LogP contribution is -2.44. The molecule has 0 amide bonds. The molecule has 0 saturated heterocycles. The molecule has 8 nitrogen and oxygen atoms in total. The van der Waals surface area contributed by atoms with Gasteiger partial charge in [-0.15, -0.1) is 0 Å². The number of hydroxylamine groups is 1. The van der Waals surface area contributed by atoms with E-state index in [2.05, 4.69) is 9.79 Å². The van der Waals surface area contributed by atoms with Crippen molar-refractivity contribution in [3.63, 3.8) is 0 Å². The summed E-state index contributed by atoms with van der Waals surface area (Å²) in [5.74, 6) is 0. The fourth-order valence-electron chi connectivity index (χ4n) is 3.47. The van der Waals surface area contributed by atoms with Crippen LogP contribution in [0, 0.1) is 10.4 Å². The number of benzene rings is 1. The molecule has 1 aliphatic heterocycles. The lowest BCUT2D eigenvalue weighted by molar-refractivity contribution is -0.808. The molecule has 0 spiro atoms. The average Bonchev–Trinajstić information content (AvgIpc) is 2.99. The van der Waals surface area contributed by atoms with E-state index in [9.17, 15) is 15.5 Å². The van der Waals surface area contributed by atoms with Gasteiger partial charge in [0.05, 0.1) is 6.42 Å². The normalized spacial score (nSPS) is 30.3. The number of aliphatic hydroxyl groups is 1. The van der Waals surface area contributed by atoms with Gasteiger partial charge in [0.25, 0.3) is 11.4 Å². The Morgan fingerprint density at radius 2 is 1.95 bits per heavy atom. The Hall–Kier alpha value is -2.45. The first kappa shape index (κ1) is 13.2. The van der Waals surface area contributed by atoms with E-state index in [1.54, 1.807) is 24.3 Å². The molecule has 4 rings (SSSR count). The van der Waals surface area contributed by atoms with E-state index >= 15 is 0 Å². The standard InChI is InChI=1S/C14H14N4O4/c15-14(9-4-2-1-3-5-9)8-13(19)11(17(14)20)7-6-10-12(13)16-22-18(10)21/h1-5,19H,6-8,15H2. The highest BCUT2D eigenvalue weighted by atomic mass is 16.8. The molecular weight excluding hydrogens is 288 g/mol. The van der Waals surface area contributed by atoms with E-state index in [0.717, 1.165) is 0 Å². The van der Waals surface area contributed by atoms with Gasteiger partial charge < -0.3 is 15.5 Å². The molecule has 8 heteroatoms. The highest BCUT2D eigenvalue weighted by molar-refractivity contribution is 5.92.